The molecule has 136 valence electrons. The first kappa shape index (κ1) is 16.5. The highest BCUT2D eigenvalue weighted by atomic mass is 32.1. The molecule has 0 spiro atoms. The number of para-hydroxylation sites is 1. The van der Waals surface area contributed by atoms with E-state index in [1.54, 1.807) is 11.9 Å². The van der Waals surface area contributed by atoms with E-state index in [4.69, 9.17) is 12.2 Å². The monoisotopic (exact) mass is 375 g/mol. The molecule has 27 heavy (non-hydrogen) atoms. The number of aromatic nitrogens is 1. The lowest BCUT2D eigenvalue weighted by Gasteiger charge is -2.37. The van der Waals surface area contributed by atoms with Gasteiger partial charge in [-0.3, -0.25) is 9.69 Å². The van der Waals surface area contributed by atoms with Crippen LogP contribution in [-0.4, -0.2) is 38.9 Å². The average Bonchev–Trinajstić information content (AvgIpc) is 3.11. The van der Waals surface area contributed by atoms with Gasteiger partial charge < -0.3 is 9.88 Å². The van der Waals surface area contributed by atoms with Gasteiger partial charge in [0.2, 0.25) is 0 Å². The van der Waals surface area contributed by atoms with Gasteiger partial charge in [-0.2, -0.15) is 0 Å². The summed E-state index contributed by atoms with van der Waals surface area (Å²) < 4.78 is 0. The molecule has 5 heteroatoms. The van der Waals surface area contributed by atoms with Gasteiger partial charge in [-0.05, 0) is 43.3 Å². The van der Waals surface area contributed by atoms with Gasteiger partial charge in [0.25, 0.3) is 5.91 Å². The number of aryl methyl sites for hydroxylation is 2. The van der Waals surface area contributed by atoms with Gasteiger partial charge in [-0.1, -0.05) is 47.5 Å². The SMILES string of the molecule is Cc1cc(C)cc([C@@H]2c3[nH]c4ccccc4c3C[C@H]3C(=O)N(C)C(=S)N23)c1. The highest BCUT2D eigenvalue weighted by molar-refractivity contribution is 7.80. The molecule has 2 aliphatic heterocycles. The summed E-state index contributed by atoms with van der Waals surface area (Å²) in [6.45, 7) is 4.23. The quantitative estimate of drug-likeness (QED) is 0.657. The van der Waals surface area contributed by atoms with Crippen molar-refractivity contribution in [2.75, 3.05) is 7.05 Å². The van der Waals surface area contributed by atoms with Crippen molar-refractivity contribution >= 4 is 34.1 Å². The molecule has 0 unspecified atom stereocenters. The zero-order valence-corrected chi connectivity index (χ0v) is 16.4. The van der Waals surface area contributed by atoms with Crippen molar-refractivity contribution < 1.29 is 4.79 Å². The molecule has 1 aromatic heterocycles. The molecule has 0 aliphatic carbocycles. The maximum atomic E-state index is 12.9. The van der Waals surface area contributed by atoms with Crippen LogP contribution in [0.5, 0.6) is 0 Å². The van der Waals surface area contributed by atoms with Gasteiger partial charge in [0.05, 0.1) is 6.04 Å². The van der Waals surface area contributed by atoms with Crippen LogP contribution in [0.15, 0.2) is 42.5 Å². The summed E-state index contributed by atoms with van der Waals surface area (Å²) in [5.74, 6) is 0.0882. The predicted octanol–water partition coefficient (Wildman–Crippen LogP) is 3.86. The second-order valence-electron chi connectivity index (χ2n) is 7.69. The van der Waals surface area contributed by atoms with Gasteiger partial charge >= 0.3 is 0 Å². The third kappa shape index (κ3) is 2.28. The van der Waals surface area contributed by atoms with E-state index in [9.17, 15) is 4.79 Å². The average molecular weight is 375 g/mol. The van der Waals surface area contributed by atoms with Gasteiger partial charge in [0.15, 0.2) is 5.11 Å². The van der Waals surface area contributed by atoms with Crippen molar-refractivity contribution in [1.82, 2.24) is 14.8 Å². The van der Waals surface area contributed by atoms with Gasteiger partial charge in [-0.15, -0.1) is 0 Å². The number of thiocarbonyl (C=S) groups is 1. The van der Waals surface area contributed by atoms with Crippen molar-refractivity contribution in [3.63, 3.8) is 0 Å². The van der Waals surface area contributed by atoms with Crippen molar-refractivity contribution in [1.29, 1.82) is 0 Å². The summed E-state index contributed by atoms with van der Waals surface area (Å²) in [5, 5.41) is 1.81. The first-order valence-electron chi connectivity index (χ1n) is 9.23. The van der Waals surface area contributed by atoms with E-state index in [-0.39, 0.29) is 18.0 Å². The molecule has 4 nitrogen and oxygen atoms in total. The zero-order valence-electron chi connectivity index (χ0n) is 15.6. The van der Waals surface area contributed by atoms with Crippen LogP contribution in [0.4, 0.5) is 0 Å². The lowest BCUT2D eigenvalue weighted by Crippen LogP contribution is -2.44. The standard InChI is InChI=1S/C22H21N3OS/c1-12-8-13(2)10-14(9-12)20-19-16(15-6-4-5-7-17(15)23-19)11-18-21(26)24(3)22(27)25(18)20/h4-10,18,20,23H,11H2,1-3H3/t18-,20+/m0/s1. The molecular weight excluding hydrogens is 354 g/mol. The fourth-order valence-corrected chi connectivity index (χ4v) is 5.04. The molecule has 0 saturated carbocycles. The van der Waals surface area contributed by atoms with Crippen molar-refractivity contribution in [2.45, 2.75) is 32.4 Å². The maximum Gasteiger partial charge on any atom is 0.251 e. The third-order valence-corrected chi connectivity index (χ3v) is 6.30. The number of benzene rings is 2. The minimum atomic E-state index is -0.236. The normalized spacial score (nSPS) is 21.7. The molecule has 3 aromatic rings. The highest BCUT2D eigenvalue weighted by Crippen LogP contribution is 2.44. The van der Waals surface area contributed by atoms with Crippen molar-refractivity contribution in [3.05, 3.63) is 70.4 Å². The minimum Gasteiger partial charge on any atom is -0.356 e. The van der Waals surface area contributed by atoms with Crippen LogP contribution in [0.25, 0.3) is 10.9 Å². The molecule has 1 N–H and O–H groups in total. The number of rotatable bonds is 1. The fraction of sp³-hybridized carbons (Fsp3) is 0.273. The number of hydrogen-bond donors (Lipinski definition) is 1. The van der Waals surface area contributed by atoms with E-state index in [0.29, 0.717) is 11.5 Å². The van der Waals surface area contributed by atoms with E-state index in [1.807, 2.05) is 6.07 Å². The zero-order chi connectivity index (χ0) is 18.9. The Morgan fingerprint density at radius 1 is 1.11 bits per heavy atom. The Morgan fingerprint density at radius 2 is 1.81 bits per heavy atom. The van der Waals surface area contributed by atoms with Gasteiger partial charge in [0, 0.05) is 30.1 Å². The van der Waals surface area contributed by atoms with E-state index >= 15 is 0 Å². The number of amides is 1. The van der Waals surface area contributed by atoms with Crippen LogP contribution in [0, 0.1) is 13.8 Å². The molecule has 2 aromatic carbocycles. The fourth-order valence-electron chi connectivity index (χ4n) is 4.72. The number of carbonyl (C=O) groups is 1. The van der Waals surface area contributed by atoms with Crippen molar-refractivity contribution in [3.8, 4) is 0 Å². The second-order valence-corrected chi connectivity index (χ2v) is 8.06. The molecule has 3 heterocycles. The highest BCUT2D eigenvalue weighted by Gasteiger charge is 2.49. The number of fused-ring (bicyclic) bond motifs is 4. The van der Waals surface area contributed by atoms with Crippen LogP contribution >= 0.6 is 12.2 Å². The number of carbonyl (C=O) groups excluding carboxylic acids is 1. The van der Waals surface area contributed by atoms with Crippen LogP contribution in [0.1, 0.15) is 34.0 Å². The molecule has 1 fully saturated rings. The molecule has 1 saturated heterocycles. The summed E-state index contributed by atoms with van der Waals surface area (Å²) in [6, 6.07) is 14.6. The molecule has 2 aliphatic rings. The largest absolute Gasteiger partial charge is 0.356 e. The smallest absolute Gasteiger partial charge is 0.251 e. The summed E-state index contributed by atoms with van der Waals surface area (Å²) in [5.41, 5.74) is 7.12. The predicted molar refractivity (Wildman–Crippen MR) is 111 cm³/mol. The summed E-state index contributed by atoms with van der Waals surface area (Å²) in [4.78, 5) is 20.3. The lowest BCUT2D eigenvalue weighted by atomic mass is 9.88. The number of aromatic amines is 1. The third-order valence-electron chi connectivity index (χ3n) is 5.81. The van der Waals surface area contributed by atoms with E-state index < -0.39 is 0 Å². The molecule has 1 amide bonds. The Labute approximate surface area is 163 Å². The molecule has 5 rings (SSSR count). The van der Waals surface area contributed by atoms with E-state index in [2.05, 4.69) is 60.1 Å². The number of H-pyrrole nitrogens is 1. The molecule has 0 bridgehead atoms. The number of nitrogens with zero attached hydrogens (tertiary/aromatic N) is 2. The number of hydrogen-bond acceptors (Lipinski definition) is 2. The van der Waals surface area contributed by atoms with Crippen LogP contribution < -0.4 is 0 Å². The van der Waals surface area contributed by atoms with E-state index in [1.165, 1.54) is 27.6 Å². The first-order chi connectivity index (χ1) is 13.0. The van der Waals surface area contributed by atoms with E-state index in [0.717, 1.165) is 11.2 Å². The van der Waals surface area contributed by atoms with Gasteiger partial charge in [0.1, 0.15) is 6.04 Å². The first-order valence-corrected chi connectivity index (χ1v) is 9.64. The molecule has 0 radical (unpaired) electrons. The van der Waals surface area contributed by atoms with Crippen LogP contribution in [0.3, 0.4) is 0 Å². The second kappa shape index (κ2) is 5.67. The summed E-state index contributed by atoms with van der Waals surface area (Å²) in [6.07, 6.45) is 0.684. The lowest BCUT2D eigenvalue weighted by molar-refractivity contribution is -0.127. The number of nitrogens with one attached hydrogen (secondary N) is 1. The van der Waals surface area contributed by atoms with Crippen LogP contribution in [-0.2, 0) is 11.2 Å². The van der Waals surface area contributed by atoms with Crippen molar-refractivity contribution in [2.24, 2.45) is 0 Å². The summed E-state index contributed by atoms with van der Waals surface area (Å²) >= 11 is 5.69. The molecule has 2 atom stereocenters. The van der Waals surface area contributed by atoms with Crippen LogP contribution in [0.2, 0.25) is 0 Å². The summed E-state index contributed by atoms with van der Waals surface area (Å²) in [7, 11) is 1.79. The maximum absolute atomic E-state index is 12.9. The Bertz CT molecular complexity index is 1100. The Morgan fingerprint density at radius 3 is 2.56 bits per heavy atom. The topological polar surface area (TPSA) is 39.3 Å². The Balaban J connectivity index is 1.80. The Hall–Kier alpha value is -2.66. The molecular formula is C22H21N3OS. The minimum absolute atomic E-state index is 0.0776. The Kier molecular flexibility index (Phi) is 3.46. The van der Waals surface area contributed by atoms with Gasteiger partial charge in [-0.25, -0.2) is 0 Å². The number of likely N-dealkylation sites (N-methyl/N-ethyl adjacent to an activating group) is 1.